The Kier molecular flexibility index (Phi) is 3.92. The molecule has 0 amide bonds. The van der Waals surface area contributed by atoms with E-state index in [2.05, 4.69) is 55.1 Å². The van der Waals surface area contributed by atoms with Gasteiger partial charge in [-0.25, -0.2) is 0 Å². The van der Waals surface area contributed by atoms with Crippen LogP contribution in [-0.2, 0) is 0 Å². The Morgan fingerprint density at radius 2 is 1.80 bits per heavy atom. The minimum atomic E-state index is 0.0418. The van der Waals surface area contributed by atoms with Gasteiger partial charge in [0.2, 0.25) is 0 Å². The summed E-state index contributed by atoms with van der Waals surface area (Å²) in [6.07, 6.45) is 0. The summed E-state index contributed by atoms with van der Waals surface area (Å²) in [7, 11) is 0.869. The first-order valence-corrected chi connectivity index (χ1v) is 8.96. The topological polar surface area (TPSA) is 0 Å². The van der Waals surface area contributed by atoms with Gasteiger partial charge in [0.15, 0.2) is 0 Å². The van der Waals surface area contributed by atoms with Crippen LogP contribution in [0.5, 0.6) is 0 Å². The van der Waals surface area contributed by atoms with Crippen molar-refractivity contribution in [2.24, 2.45) is 0 Å². The second-order valence-corrected chi connectivity index (χ2v) is 8.40. The van der Waals surface area contributed by atoms with Gasteiger partial charge >= 0.3 is 0 Å². The molecule has 0 fully saturated rings. The largest absolute Gasteiger partial charge is 0.143 e. The van der Waals surface area contributed by atoms with Crippen LogP contribution in [0.25, 0.3) is 0 Å². The Hall–Kier alpha value is -0.220. The van der Waals surface area contributed by atoms with Crippen LogP contribution >= 0.6 is 27.8 Å². The number of thiophene rings is 1. The molecular formula is C12H14P2S. The van der Waals surface area contributed by atoms with E-state index in [4.69, 9.17) is 0 Å². The predicted molar refractivity (Wildman–Crippen MR) is 76.7 cm³/mol. The minimum Gasteiger partial charge on any atom is -0.143 e. The molecule has 0 N–H and O–H groups in total. The van der Waals surface area contributed by atoms with Gasteiger partial charge in [0.05, 0.1) is 0 Å². The lowest BCUT2D eigenvalue weighted by Gasteiger charge is -2.07. The van der Waals surface area contributed by atoms with Crippen LogP contribution in [0, 0.1) is 0 Å². The number of hydrogen-bond donors (Lipinski definition) is 0. The maximum atomic E-state index is 2.33. The van der Waals surface area contributed by atoms with Gasteiger partial charge < -0.3 is 0 Å². The van der Waals surface area contributed by atoms with Gasteiger partial charge in [-0.15, -0.1) is 11.3 Å². The Morgan fingerprint density at radius 1 is 1.07 bits per heavy atom. The minimum absolute atomic E-state index is 0.0418. The summed E-state index contributed by atoms with van der Waals surface area (Å²) < 4.78 is 1.57. The average Bonchev–Trinajstić information content (AvgIpc) is 2.67. The molecule has 3 heteroatoms. The monoisotopic (exact) mass is 252 g/mol. The fourth-order valence-electron chi connectivity index (χ4n) is 1.40. The summed E-state index contributed by atoms with van der Waals surface area (Å²) in [4.78, 5) is 0. The van der Waals surface area contributed by atoms with Gasteiger partial charge in [0, 0.05) is 4.62 Å². The lowest BCUT2D eigenvalue weighted by atomic mass is 10.4. The predicted octanol–water partition coefficient (Wildman–Crippen LogP) is 2.74. The smallest absolute Gasteiger partial charge is 0.0368 e. The highest BCUT2D eigenvalue weighted by Crippen LogP contribution is 2.27. The average molecular weight is 252 g/mol. The van der Waals surface area contributed by atoms with Crippen molar-refractivity contribution in [3.05, 3.63) is 41.8 Å². The summed E-state index contributed by atoms with van der Waals surface area (Å²) >= 11 is 1.90. The summed E-state index contributed by atoms with van der Waals surface area (Å²) in [5.41, 5.74) is 0. The van der Waals surface area contributed by atoms with Gasteiger partial charge in [-0.2, -0.15) is 0 Å². The highest BCUT2D eigenvalue weighted by molar-refractivity contribution is 7.71. The molecule has 0 aliphatic heterocycles. The van der Waals surface area contributed by atoms with E-state index in [-0.39, 0.29) is 7.92 Å². The van der Waals surface area contributed by atoms with E-state index in [0.29, 0.717) is 0 Å². The highest BCUT2D eigenvalue weighted by Gasteiger charge is 2.07. The Bertz CT molecular complexity index is 420. The van der Waals surface area contributed by atoms with E-state index < -0.39 is 0 Å². The van der Waals surface area contributed by atoms with Gasteiger partial charge in [0.25, 0.3) is 0 Å². The van der Waals surface area contributed by atoms with Crippen LogP contribution in [-0.4, -0.2) is 13.3 Å². The molecule has 1 aromatic heterocycles. The second kappa shape index (κ2) is 5.21. The molecule has 0 bridgehead atoms. The summed E-state index contributed by atoms with van der Waals surface area (Å²) in [5.74, 6) is 0. The maximum Gasteiger partial charge on any atom is 0.0368 e. The third-order valence-corrected chi connectivity index (χ3v) is 6.36. The molecule has 0 saturated heterocycles. The standard InChI is InChI=1S/C12H14P2S/c1-14(2)11-8-9-15-12(11)13-10-6-4-3-5-7-10/h3-9,13H,1-2H3. The van der Waals surface area contributed by atoms with Crippen molar-refractivity contribution in [1.82, 2.24) is 0 Å². The molecule has 0 nitrogen and oxygen atoms in total. The van der Waals surface area contributed by atoms with Gasteiger partial charge in [-0.3, -0.25) is 0 Å². The van der Waals surface area contributed by atoms with Crippen LogP contribution in [0.15, 0.2) is 41.8 Å². The number of rotatable bonds is 3. The molecule has 1 unspecified atom stereocenters. The third-order valence-electron chi connectivity index (χ3n) is 2.16. The maximum absolute atomic E-state index is 2.33. The molecular weight excluding hydrogens is 238 g/mol. The lowest BCUT2D eigenvalue weighted by molar-refractivity contribution is 1.78. The molecule has 1 atom stereocenters. The molecule has 0 spiro atoms. The van der Waals surface area contributed by atoms with E-state index >= 15 is 0 Å². The lowest BCUT2D eigenvalue weighted by Crippen LogP contribution is -2.14. The molecule has 0 radical (unpaired) electrons. The molecule has 2 aromatic rings. The molecule has 78 valence electrons. The molecule has 15 heavy (non-hydrogen) atoms. The first kappa shape index (κ1) is 11.3. The highest BCUT2D eigenvalue weighted by atomic mass is 32.1. The van der Waals surface area contributed by atoms with Crippen molar-refractivity contribution >= 4 is 43.1 Å². The zero-order valence-corrected chi connectivity index (χ0v) is 11.6. The van der Waals surface area contributed by atoms with E-state index in [9.17, 15) is 0 Å². The van der Waals surface area contributed by atoms with Crippen molar-refractivity contribution in [1.29, 1.82) is 0 Å². The normalized spacial score (nSPS) is 11.7. The van der Waals surface area contributed by atoms with E-state index in [0.717, 1.165) is 8.58 Å². The number of hydrogen-bond acceptors (Lipinski definition) is 1. The Morgan fingerprint density at radius 3 is 2.47 bits per heavy atom. The molecule has 0 aliphatic carbocycles. The van der Waals surface area contributed by atoms with Crippen LogP contribution < -0.4 is 15.2 Å². The second-order valence-electron chi connectivity index (χ2n) is 3.52. The first-order valence-electron chi connectivity index (χ1n) is 4.84. The molecule has 0 saturated carbocycles. The molecule has 0 aliphatic rings. The molecule has 1 heterocycles. The fourth-order valence-corrected chi connectivity index (χ4v) is 5.98. The van der Waals surface area contributed by atoms with Gasteiger partial charge in [-0.05, 0) is 44.0 Å². The third kappa shape index (κ3) is 2.88. The quantitative estimate of drug-likeness (QED) is 0.737. The van der Waals surface area contributed by atoms with Crippen LogP contribution in [0.4, 0.5) is 0 Å². The first-order chi connectivity index (χ1) is 7.27. The zero-order valence-electron chi connectivity index (χ0n) is 8.90. The summed E-state index contributed by atoms with van der Waals surface area (Å²) in [6, 6.07) is 13.1. The van der Waals surface area contributed by atoms with Gasteiger partial charge in [-0.1, -0.05) is 38.3 Å². The Balaban J connectivity index is 2.21. The van der Waals surface area contributed by atoms with Crippen molar-refractivity contribution in [3.8, 4) is 0 Å². The SMILES string of the molecule is CP(C)c1ccsc1Pc1ccccc1. The summed E-state index contributed by atoms with van der Waals surface area (Å²) in [6.45, 7) is 4.66. The van der Waals surface area contributed by atoms with Crippen molar-refractivity contribution < 1.29 is 0 Å². The van der Waals surface area contributed by atoms with Gasteiger partial charge in [0.1, 0.15) is 0 Å². The van der Waals surface area contributed by atoms with Crippen molar-refractivity contribution in [3.63, 3.8) is 0 Å². The Labute approximate surface area is 98.3 Å². The van der Waals surface area contributed by atoms with Crippen LogP contribution in [0.2, 0.25) is 0 Å². The van der Waals surface area contributed by atoms with Crippen molar-refractivity contribution in [2.45, 2.75) is 0 Å². The van der Waals surface area contributed by atoms with Crippen LogP contribution in [0.1, 0.15) is 0 Å². The summed E-state index contributed by atoms with van der Waals surface area (Å²) in [5, 5.41) is 5.25. The fraction of sp³-hybridized carbons (Fsp3) is 0.167. The molecule has 1 aromatic carbocycles. The zero-order chi connectivity index (χ0) is 10.7. The number of benzene rings is 1. The van der Waals surface area contributed by atoms with E-state index in [1.54, 1.807) is 9.92 Å². The molecule has 2 rings (SSSR count). The van der Waals surface area contributed by atoms with Crippen molar-refractivity contribution in [2.75, 3.05) is 13.3 Å². The van der Waals surface area contributed by atoms with E-state index in [1.807, 2.05) is 11.3 Å². The van der Waals surface area contributed by atoms with Crippen LogP contribution in [0.3, 0.4) is 0 Å². The van der Waals surface area contributed by atoms with E-state index in [1.165, 1.54) is 5.30 Å².